The van der Waals surface area contributed by atoms with Crippen LogP contribution in [0.1, 0.15) is 25.0 Å². The molecule has 5 N–H and O–H groups in total. The van der Waals surface area contributed by atoms with Crippen molar-refractivity contribution >= 4 is 34.4 Å². The Morgan fingerprint density at radius 2 is 1.53 bits per heavy atom. The summed E-state index contributed by atoms with van der Waals surface area (Å²) in [5, 5.41) is 26.4. The molecular weight excluding hydrogens is 478 g/mol. The average molecular weight is 498 g/mol. The first-order chi connectivity index (χ1) is 15.5. The number of benzene rings is 1. The van der Waals surface area contributed by atoms with E-state index in [-0.39, 0.29) is 17.9 Å². The molecule has 0 saturated heterocycles. The van der Waals surface area contributed by atoms with Gasteiger partial charge in [-0.3, -0.25) is 4.79 Å². The van der Waals surface area contributed by atoms with Crippen molar-refractivity contribution in [3.8, 4) is 0 Å². The van der Waals surface area contributed by atoms with Crippen LogP contribution in [-0.2, 0) is 14.4 Å². The van der Waals surface area contributed by atoms with Gasteiger partial charge in [-0.25, -0.2) is 9.59 Å². The van der Waals surface area contributed by atoms with Crippen LogP contribution in [0, 0.1) is 12.8 Å². The van der Waals surface area contributed by atoms with E-state index < -0.39 is 24.3 Å². The zero-order valence-electron chi connectivity index (χ0n) is 17.4. The van der Waals surface area contributed by atoms with Gasteiger partial charge < -0.3 is 21.3 Å². The molecule has 0 spiro atoms. The first-order valence-corrected chi connectivity index (χ1v) is 9.42. The highest BCUT2D eigenvalue weighted by Crippen LogP contribution is 2.27. The van der Waals surface area contributed by atoms with E-state index in [0.29, 0.717) is 0 Å². The molecule has 0 bridgehead atoms. The monoisotopic (exact) mass is 498 g/mol. The molecule has 0 radical (unpaired) electrons. The van der Waals surface area contributed by atoms with Crippen molar-refractivity contribution in [2.45, 2.75) is 44.6 Å². The number of hydrogen-bond donors (Lipinski definition) is 4. The number of carboxylic acid groups (broad SMARTS) is 2. The molecule has 0 aliphatic heterocycles. The summed E-state index contributed by atoms with van der Waals surface area (Å²) in [5.74, 6) is -5.43. The lowest BCUT2D eigenvalue weighted by Crippen LogP contribution is -2.23. The number of nitrogens with zero attached hydrogens (tertiary/aromatic N) is 2. The van der Waals surface area contributed by atoms with Crippen molar-refractivity contribution in [3.63, 3.8) is 0 Å². The molecule has 0 unspecified atom stereocenters. The summed E-state index contributed by atoms with van der Waals surface area (Å²) >= 11 is 0. The minimum absolute atomic E-state index is 0.0242. The van der Waals surface area contributed by atoms with Crippen LogP contribution >= 0.6 is 0 Å². The second-order valence-corrected chi connectivity index (χ2v) is 7.09. The molecule has 34 heavy (non-hydrogen) atoms. The maximum atomic E-state index is 12.3. The summed E-state index contributed by atoms with van der Waals surface area (Å²) in [4.78, 5) is 30.1. The predicted octanol–water partition coefficient (Wildman–Crippen LogP) is 3.27. The molecule has 1 aliphatic carbocycles. The van der Waals surface area contributed by atoms with Crippen molar-refractivity contribution in [2.75, 3.05) is 5.32 Å². The van der Waals surface area contributed by atoms with E-state index in [0.717, 1.165) is 41.5 Å². The Morgan fingerprint density at radius 3 is 1.97 bits per heavy atom. The van der Waals surface area contributed by atoms with Gasteiger partial charge in [0.05, 0.1) is 16.9 Å². The van der Waals surface area contributed by atoms with E-state index in [1.807, 2.05) is 31.2 Å². The highest BCUT2D eigenvalue weighted by atomic mass is 19.4. The van der Waals surface area contributed by atoms with Gasteiger partial charge >= 0.3 is 24.3 Å². The standard InChI is InChI=1S/C15H18N4O.2C2HF3O2/c1-9-7-12-13(3-2-4-14(12)19-18-9)17-15(20)10-5-6-11(16)8-10;2*3-2(4,5)1(6)7/h2-4,7,10-11H,5-6,8,16H2,1H3,(H,17,20);2*(H,6,7)/t10-,11+;;/m0../s1. The SMILES string of the molecule is Cc1cc2c(NC(=O)[C@H]3CC[C@@H](N)C3)cccc2nn1.O=C(O)C(F)(F)F.O=C(O)C(F)(F)F. The smallest absolute Gasteiger partial charge is 0.475 e. The number of carbonyl (C=O) groups is 3. The van der Waals surface area contributed by atoms with Crippen LogP contribution in [-0.4, -0.2) is 56.7 Å². The number of nitrogens with one attached hydrogen (secondary N) is 1. The molecule has 1 amide bonds. The van der Waals surface area contributed by atoms with Crippen molar-refractivity contribution in [2.24, 2.45) is 11.7 Å². The number of anilines is 1. The van der Waals surface area contributed by atoms with Crippen LogP contribution in [0.25, 0.3) is 10.9 Å². The molecule has 1 aliphatic rings. The maximum Gasteiger partial charge on any atom is 0.490 e. The minimum atomic E-state index is -5.08. The third kappa shape index (κ3) is 9.17. The number of rotatable bonds is 2. The largest absolute Gasteiger partial charge is 0.490 e. The van der Waals surface area contributed by atoms with E-state index in [1.54, 1.807) is 0 Å². The fraction of sp³-hybridized carbons (Fsp3) is 0.421. The number of aromatic nitrogens is 2. The zero-order chi connectivity index (χ0) is 26.3. The zero-order valence-corrected chi connectivity index (χ0v) is 17.4. The molecule has 1 fully saturated rings. The second kappa shape index (κ2) is 11.6. The van der Waals surface area contributed by atoms with Crippen LogP contribution in [0.5, 0.6) is 0 Å². The first kappa shape index (κ1) is 28.5. The highest BCUT2D eigenvalue weighted by Gasteiger charge is 2.38. The molecule has 1 saturated carbocycles. The van der Waals surface area contributed by atoms with E-state index >= 15 is 0 Å². The fourth-order valence-corrected chi connectivity index (χ4v) is 2.76. The number of alkyl halides is 6. The normalized spacial score (nSPS) is 17.6. The number of aliphatic carboxylic acids is 2. The summed E-state index contributed by atoms with van der Waals surface area (Å²) in [5.41, 5.74) is 8.29. The van der Waals surface area contributed by atoms with Gasteiger partial charge in [-0.2, -0.15) is 36.5 Å². The van der Waals surface area contributed by atoms with Crippen molar-refractivity contribution in [3.05, 3.63) is 30.0 Å². The van der Waals surface area contributed by atoms with Crippen molar-refractivity contribution in [1.29, 1.82) is 0 Å². The highest BCUT2D eigenvalue weighted by molar-refractivity contribution is 6.01. The van der Waals surface area contributed by atoms with Crippen LogP contribution < -0.4 is 11.1 Å². The number of carbonyl (C=O) groups excluding carboxylic acids is 1. The number of hydrogen-bond acceptors (Lipinski definition) is 6. The molecule has 15 heteroatoms. The lowest BCUT2D eigenvalue weighted by atomic mass is 10.1. The maximum absolute atomic E-state index is 12.3. The summed E-state index contributed by atoms with van der Waals surface area (Å²) in [7, 11) is 0. The van der Waals surface area contributed by atoms with Crippen molar-refractivity contribution < 1.29 is 50.9 Å². The van der Waals surface area contributed by atoms with E-state index in [4.69, 9.17) is 25.5 Å². The topological polar surface area (TPSA) is 156 Å². The Labute approximate surface area is 187 Å². The van der Waals surface area contributed by atoms with Gasteiger partial charge in [-0.1, -0.05) is 6.07 Å². The van der Waals surface area contributed by atoms with Crippen LogP contribution in [0.2, 0.25) is 0 Å². The van der Waals surface area contributed by atoms with E-state index in [1.165, 1.54) is 0 Å². The average Bonchev–Trinajstić information content (AvgIpc) is 3.14. The molecule has 2 atom stereocenters. The van der Waals surface area contributed by atoms with E-state index in [2.05, 4.69) is 15.5 Å². The lowest BCUT2D eigenvalue weighted by molar-refractivity contribution is -0.193. The Kier molecular flexibility index (Phi) is 9.72. The third-order valence-electron chi connectivity index (χ3n) is 4.34. The molecule has 1 heterocycles. The van der Waals surface area contributed by atoms with Crippen LogP contribution in [0.3, 0.4) is 0 Å². The molecule has 2 aromatic rings. The minimum Gasteiger partial charge on any atom is -0.475 e. The number of carboxylic acids is 2. The second-order valence-electron chi connectivity index (χ2n) is 7.09. The molecule has 3 rings (SSSR count). The summed E-state index contributed by atoms with van der Waals surface area (Å²) < 4.78 is 63.5. The number of fused-ring (bicyclic) bond motifs is 1. The van der Waals surface area contributed by atoms with Gasteiger partial charge in [-0.05, 0) is 44.4 Å². The van der Waals surface area contributed by atoms with Gasteiger partial charge in [0, 0.05) is 17.3 Å². The molecular formula is C19H20F6N4O5. The van der Waals surface area contributed by atoms with Gasteiger partial charge in [0.1, 0.15) is 0 Å². The van der Waals surface area contributed by atoms with Gasteiger partial charge in [0.25, 0.3) is 0 Å². The molecule has 9 nitrogen and oxygen atoms in total. The number of halogens is 6. The Balaban J connectivity index is 0.000000343. The quantitative estimate of drug-likeness (QED) is 0.460. The predicted molar refractivity (Wildman–Crippen MR) is 106 cm³/mol. The van der Waals surface area contributed by atoms with Crippen LogP contribution in [0.15, 0.2) is 24.3 Å². The van der Waals surface area contributed by atoms with Gasteiger partial charge in [0.2, 0.25) is 5.91 Å². The molecule has 1 aromatic carbocycles. The number of amides is 1. The Bertz CT molecular complexity index is 1000. The van der Waals surface area contributed by atoms with Gasteiger partial charge in [-0.15, -0.1) is 0 Å². The Morgan fingerprint density at radius 1 is 1.00 bits per heavy atom. The fourth-order valence-electron chi connectivity index (χ4n) is 2.76. The number of aryl methyl sites for hydroxylation is 1. The summed E-state index contributed by atoms with van der Waals surface area (Å²) in [6, 6.07) is 7.77. The third-order valence-corrected chi connectivity index (χ3v) is 4.34. The molecule has 1 aromatic heterocycles. The van der Waals surface area contributed by atoms with Crippen LogP contribution in [0.4, 0.5) is 32.0 Å². The molecule has 188 valence electrons. The van der Waals surface area contributed by atoms with Crippen molar-refractivity contribution in [1.82, 2.24) is 10.2 Å². The lowest BCUT2D eigenvalue weighted by Gasteiger charge is -2.12. The first-order valence-electron chi connectivity index (χ1n) is 9.42. The Hall–Kier alpha value is -3.49. The van der Waals surface area contributed by atoms with Gasteiger partial charge in [0.15, 0.2) is 0 Å². The summed E-state index contributed by atoms with van der Waals surface area (Å²) in [6.07, 6.45) is -7.59. The number of nitrogens with two attached hydrogens (primary N) is 1. The van der Waals surface area contributed by atoms with E-state index in [9.17, 15) is 31.1 Å². The summed E-state index contributed by atoms with van der Waals surface area (Å²) in [6.45, 7) is 1.89.